The van der Waals surface area contributed by atoms with Crippen LogP contribution >= 0.6 is 0 Å². The lowest BCUT2D eigenvalue weighted by atomic mass is 9.91. The number of hydrogen-bond donors (Lipinski definition) is 1. The number of fused-ring (bicyclic) bond motifs is 1. The quantitative estimate of drug-likeness (QED) is 0.589. The number of rotatable bonds is 3. The van der Waals surface area contributed by atoms with E-state index in [1.165, 1.54) is 17.9 Å². The van der Waals surface area contributed by atoms with Crippen molar-refractivity contribution in [1.29, 1.82) is 0 Å². The largest absolute Gasteiger partial charge is 0.465 e. The van der Waals surface area contributed by atoms with Gasteiger partial charge in [0.2, 0.25) is 5.91 Å². The SMILES string of the molecule is CC(=O)N1c2ccc(-c3cnn(C4CC4)c3)cc2N(C(=O)O)C(c2cc(C)ccc2F)[C@@H]1C. The van der Waals surface area contributed by atoms with Crippen LogP contribution < -0.4 is 9.80 Å². The van der Waals surface area contributed by atoms with E-state index in [0.717, 1.165) is 29.5 Å². The van der Waals surface area contributed by atoms with Gasteiger partial charge < -0.3 is 10.0 Å². The van der Waals surface area contributed by atoms with Crippen LogP contribution in [0.4, 0.5) is 20.6 Å². The van der Waals surface area contributed by atoms with E-state index in [4.69, 9.17) is 0 Å². The van der Waals surface area contributed by atoms with Crippen LogP contribution in [-0.2, 0) is 4.79 Å². The van der Waals surface area contributed by atoms with Gasteiger partial charge in [-0.05, 0) is 50.5 Å². The van der Waals surface area contributed by atoms with Crippen molar-refractivity contribution in [3.8, 4) is 11.1 Å². The summed E-state index contributed by atoms with van der Waals surface area (Å²) in [6.45, 7) is 5.02. The Kier molecular flexibility index (Phi) is 4.96. The van der Waals surface area contributed by atoms with Crippen LogP contribution in [0.5, 0.6) is 0 Å². The summed E-state index contributed by atoms with van der Waals surface area (Å²) in [6.07, 6.45) is 4.72. The van der Waals surface area contributed by atoms with Gasteiger partial charge in [-0.25, -0.2) is 9.18 Å². The molecule has 1 fully saturated rings. The maximum absolute atomic E-state index is 15.0. The minimum absolute atomic E-state index is 0.235. The first-order chi connectivity index (χ1) is 15.8. The molecule has 1 aliphatic carbocycles. The second-order valence-electron chi connectivity index (χ2n) is 8.90. The first kappa shape index (κ1) is 21.2. The van der Waals surface area contributed by atoms with Crippen LogP contribution in [0, 0.1) is 12.7 Å². The van der Waals surface area contributed by atoms with Crippen molar-refractivity contribution in [2.75, 3.05) is 9.80 Å². The van der Waals surface area contributed by atoms with Gasteiger partial charge in [0, 0.05) is 24.2 Å². The molecule has 170 valence electrons. The first-order valence-corrected chi connectivity index (χ1v) is 11.0. The molecule has 2 aromatic carbocycles. The standard InChI is InChI=1S/C25H25FN4O3/c1-14-4-8-21(26)20(10-14)24-15(2)29(16(3)31)22-9-5-17(11-23(22)30(24)25(32)33)18-12-27-28(13-18)19-6-7-19/h4-5,8-13,15,19,24H,6-7H2,1-3H3,(H,32,33)/t15-,24?/m0/s1. The van der Waals surface area contributed by atoms with Crippen LogP contribution in [0.15, 0.2) is 48.8 Å². The van der Waals surface area contributed by atoms with Crippen LogP contribution in [0.3, 0.4) is 0 Å². The van der Waals surface area contributed by atoms with E-state index in [9.17, 15) is 19.1 Å². The third-order valence-corrected chi connectivity index (χ3v) is 6.51. The predicted molar refractivity (Wildman–Crippen MR) is 123 cm³/mol. The highest BCUT2D eigenvalue weighted by molar-refractivity contribution is 6.03. The van der Waals surface area contributed by atoms with Gasteiger partial charge in [0.15, 0.2) is 0 Å². The molecule has 5 rings (SSSR count). The van der Waals surface area contributed by atoms with E-state index in [2.05, 4.69) is 5.10 Å². The highest BCUT2D eigenvalue weighted by Crippen LogP contribution is 2.47. The number of carbonyl (C=O) groups is 2. The van der Waals surface area contributed by atoms with Crippen molar-refractivity contribution < 1.29 is 19.1 Å². The van der Waals surface area contributed by atoms with Gasteiger partial charge in [0.05, 0.1) is 35.7 Å². The molecule has 0 radical (unpaired) electrons. The molecule has 2 atom stereocenters. The Labute approximate surface area is 191 Å². The number of benzene rings is 2. The lowest BCUT2D eigenvalue weighted by molar-refractivity contribution is -0.117. The molecule has 1 N–H and O–H groups in total. The van der Waals surface area contributed by atoms with Crippen LogP contribution in [-0.4, -0.2) is 32.9 Å². The van der Waals surface area contributed by atoms with E-state index in [1.807, 2.05) is 23.9 Å². The van der Waals surface area contributed by atoms with Crippen LogP contribution in [0.2, 0.25) is 0 Å². The Morgan fingerprint density at radius 2 is 1.82 bits per heavy atom. The summed E-state index contributed by atoms with van der Waals surface area (Å²) in [5.41, 5.74) is 3.53. The molecular weight excluding hydrogens is 423 g/mol. The number of carbonyl (C=O) groups excluding carboxylic acids is 1. The molecule has 0 spiro atoms. The fourth-order valence-corrected chi connectivity index (χ4v) is 4.82. The van der Waals surface area contributed by atoms with Gasteiger partial charge in [-0.3, -0.25) is 14.4 Å². The average molecular weight is 448 g/mol. The molecule has 3 aromatic rings. The number of hydrogen-bond acceptors (Lipinski definition) is 3. The number of carboxylic acid groups (broad SMARTS) is 1. The zero-order valence-electron chi connectivity index (χ0n) is 18.7. The highest BCUT2D eigenvalue weighted by atomic mass is 19.1. The van der Waals surface area contributed by atoms with E-state index in [1.54, 1.807) is 42.3 Å². The number of aryl methyl sites for hydroxylation is 1. The van der Waals surface area contributed by atoms with Crippen LogP contribution in [0.25, 0.3) is 11.1 Å². The number of anilines is 2. The molecule has 2 amide bonds. The number of nitrogens with zero attached hydrogens (tertiary/aromatic N) is 4. The minimum Gasteiger partial charge on any atom is -0.465 e. The fraction of sp³-hybridized carbons (Fsp3) is 0.320. The summed E-state index contributed by atoms with van der Waals surface area (Å²) < 4.78 is 16.9. The molecule has 2 heterocycles. The molecular formula is C25H25FN4O3. The molecule has 33 heavy (non-hydrogen) atoms. The van der Waals surface area contributed by atoms with E-state index >= 15 is 0 Å². The van der Waals surface area contributed by atoms with Crippen molar-refractivity contribution in [2.45, 2.75) is 51.7 Å². The molecule has 0 saturated heterocycles. The summed E-state index contributed by atoms with van der Waals surface area (Å²) in [4.78, 5) is 28.0. The van der Waals surface area contributed by atoms with Gasteiger partial charge >= 0.3 is 6.09 Å². The van der Waals surface area contributed by atoms with Gasteiger partial charge in [-0.1, -0.05) is 23.8 Å². The van der Waals surface area contributed by atoms with Gasteiger partial charge in [0.1, 0.15) is 5.82 Å². The maximum atomic E-state index is 15.0. The number of halogens is 1. The van der Waals surface area contributed by atoms with Crippen molar-refractivity contribution in [3.63, 3.8) is 0 Å². The molecule has 1 aliphatic heterocycles. The normalized spacial score (nSPS) is 20.0. The number of amides is 2. The maximum Gasteiger partial charge on any atom is 0.412 e. The molecule has 1 aromatic heterocycles. The Balaban J connectivity index is 1.69. The third-order valence-electron chi connectivity index (χ3n) is 6.51. The first-order valence-electron chi connectivity index (χ1n) is 11.0. The summed E-state index contributed by atoms with van der Waals surface area (Å²) in [6, 6.07) is 8.93. The molecule has 2 aliphatic rings. The topological polar surface area (TPSA) is 78.7 Å². The van der Waals surface area contributed by atoms with Crippen molar-refractivity contribution in [3.05, 3.63) is 65.7 Å². The van der Waals surface area contributed by atoms with Gasteiger partial charge in [-0.15, -0.1) is 0 Å². The van der Waals surface area contributed by atoms with E-state index in [-0.39, 0.29) is 11.5 Å². The third kappa shape index (κ3) is 3.55. The minimum atomic E-state index is -1.21. The average Bonchev–Trinajstić information content (AvgIpc) is 3.50. The highest BCUT2D eigenvalue weighted by Gasteiger charge is 2.43. The summed E-state index contributed by atoms with van der Waals surface area (Å²) >= 11 is 0. The second kappa shape index (κ2) is 7.72. The smallest absolute Gasteiger partial charge is 0.412 e. The lowest BCUT2D eigenvalue weighted by Crippen LogP contribution is -2.53. The van der Waals surface area contributed by atoms with Crippen molar-refractivity contribution in [2.24, 2.45) is 0 Å². The van der Waals surface area contributed by atoms with Crippen molar-refractivity contribution in [1.82, 2.24) is 9.78 Å². The second-order valence-corrected chi connectivity index (χ2v) is 8.90. The zero-order chi connectivity index (χ0) is 23.4. The lowest BCUT2D eigenvalue weighted by Gasteiger charge is -2.46. The summed E-state index contributed by atoms with van der Waals surface area (Å²) in [5.74, 6) is -0.737. The predicted octanol–water partition coefficient (Wildman–Crippen LogP) is 5.31. The Hall–Kier alpha value is -3.68. The molecule has 1 saturated carbocycles. The van der Waals surface area contributed by atoms with E-state index < -0.39 is 24.0 Å². The summed E-state index contributed by atoms with van der Waals surface area (Å²) in [7, 11) is 0. The molecule has 8 heteroatoms. The number of aromatic nitrogens is 2. The zero-order valence-corrected chi connectivity index (χ0v) is 18.7. The van der Waals surface area contributed by atoms with Crippen molar-refractivity contribution >= 4 is 23.4 Å². The monoisotopic (exact) mass is 448 g/mol. The Morgan fingerprint density at radius 3 is 2.48 bits per heavy atom. The molecule has 1 unspecified atom stereocenters. The Bertz CT molecular complexity index is 1270. The van der Waals surface area contributed by atoms with Gasteiger partial charge in [0.25, 0.3) is 0 Å². The molecule has 0 bridgehead atoms. The fourth-order valence-electron chi connectivity index (χ4n) is 4.82. The molecule has 7 nitrogen and oxygen atoms in total. The van der Waals surface area contributed by atoms with Crippen LogP contribution in [0.1, 0.15) is 49.9 Å². The van der Waals surface area contributed by atoms with E-state index in [0.29, 0.717) is 17.4 Å². The Morgan fingerprint density at radius 1 is 1.06 bits per heavy atom. The summed E-state index contributed by atoms with van der Waals surface area (Å²) in [5, 5.41) is 14.7. The van der Waals surface area contributed by atoms with Gasteiger partial charge in [-0.2, -0.15) is 5.10 Å².